The average molecular weight is 351 g/mol. The molecule has 0 aliphatic carbocycles. The number of thiophene rings is 1. The molecule has 1 aliphatic rings. The molecule has 0 bridgehead atoms. The second-order valence-corrected chi connectivity index (χ2v) is 8.06. The van der Waals surface area contributed by atoms with Crippen molar-refractivity contribution in [1.29, 1.82) is 0 Å². The highest BCUT2D eigenvalue weighted by molar-refractivity contribution is 7.93. The Morgan fingerprint density at radius 2 is 2.13 bits per heavy atom. The maximum Gasteiger partial charge on any atom is 0.365 e. The third kappa shape index (κ3) is 3.13. The maximum atomic E-state index is 12.0. The molecule has 0 radical (unpaired) electrons. The van der Waals surface area contributed by atoms with Gasteiger partial charge in [0.1, 0.15) is 9.96 Å². The molecular weight excluding hydrogens is 338 g/mol. The van der Waals surface area contributed by atoms with Crippen molar-refractivity contribution in [1.82, 2.24) is 0 Å². The van der Waals surface area contributed by atoms with Gasteiger partial charge in [-0.25, -0.2) is 13.2 Å². The summed E-state index contributed by atoms with van der Waals surface area (Å²) in [6.45, 7) is 0. The molecule has 3 rings (SSSR count). The highest BCUT2D eigenvalue weighted by atomic mass is 32.2. The van der Waals surface area contributed by atoms with E-state index in [1.165, 1.54) is 7.11 Å². The molecule has 0 unspecified atom stereocenters. The Labute approximate surface area is 137 Å². The van der Waals surface area contributed by atoms with E-state index in [4.69, 9.17) is 9.57 Å². The van der Waals surface area contributed by atoms with Crippen LogP contribution in [0.15, 0.2) is 45.1 Å². The quantitative estimate of drug-likeness (QED) is 0.627. The summed E-state index contributed by atoms with van der Waals surface area (Å²) in [5, 5.41) is 5.55. The lowest BCUT2D eigenvalue weighted by Crippen LogP contribution is -2.20. The third-order valence-electron chi connectivity index (χ3n) is 3.37. The molecule has 120 valence electrons. The fourth-order valence-corrected chi connectivity index (χ4v) is 5.01. The number of sulfone groups is 1. The van der Waals surface area contributed by atoms with Crippen LogP contribution in [0.1, 0.15) is 22.3 Å². The highest BCUT2D eigenvalue weighted by Crippen LogP contribution is 2.30. The number of ether oxygens (including phenoxy) is 1. The molecule has 23 heavy (non-hydrogen) atoms. The number of hydrogen-bond donors (Lipinski definition) is 0. The number of carbonyl (C=O) groups excluding carboxylic acids is 1. The lowest BCUT2D eigenvalue weighted by Gasteiger charge is -2.13. The number of methoxy groups -OCH3 is 1. The molecule has 0 amide bonds. The van der Waals surface area contributed by atoms with Crippen molar-refractivity contribution in [3.8, 4) is 5.75 Å². The summed E-state index contributed by atoms with van der Waals surface area (Å²) in [5.74, 6) is -0.117. The van der Waals surface area contributed by atoms with E-state index in [1.54, 1.807) is 35.7 Å². The summed E-state index contributed by atoms with van der Waals surface area (Å²) in [4.78, 5) is 17.0. The minimum absolute atomic E-state index is 0.0317. The standard InChI is InChI=1S/C15H13NO5S2/c1-20-11-4-2-3-10(9-11)14(17)21-16-13-6-8-23(18,19)15-12(13)5-7-22-15/h2-5,7,9H,6,8H2,1H3/b16-13+. The Bertz CT molecular complexity index is 883. The minimum Gasteiger partial charge on any atom is -0.497 e. The molecule has 2 aromatic rings. The molecule has 0 saturated heterocycles. The summed E-state index contributed by atoms with van der Waals surface area (Å²) in [6, 6.07) is 8.20. The zero-order valence-electron chi connectivity index (χ0n) is 12.2. The van der Waals surface area contributed by atoms with Crippen LogP contribution in [-0.4, -0.2) is 33.0 Å². The summed E-state index contributed by atoms with van der Waals surface area (Å²) in [7, 11) is -1.75. The third-order valence-corrected chi connectivity index (χ3v) is 6.66. The number of nitrogens with zero attached hydrogens (tertiary/aromatic N) is 1. The van der Waals surface area contributed by atoms with Gasteiger partial charge in [0.15, 0.2) is 9.84 Å². The van der Waals surface area contributed by atoms with Crippen LogP contribution in [-0.2, 0) is 14.7 Å². The van der Waals surface area contributed by atoms with Crippen LogP contribution >= 0.6 is 11.3 Å². The van der Waals surface area contributed by atoms with Crippen LogP contribution in [0.25, 0.3) is 0 Å². The molecular formula is C15H13NO5S2. The molecule has 1 aromatic carbocycles. The van der Waals surface area contributed by atoms with E-state index in [1.807, 2.05) is 0 Å². The molecule has 6 nitrogen and oxygen atoms in total. The summed E-state index contributed by atoms with van der Waals surface area (Å²) < 4.78 is 29.2. The second kappa shape index (κ2) is 6.13. The molecule has 0 spiro atoms. The Balaban J connectivity index is 1.82. The van der Waals surface area contributed by atoms with E-state index in [0.29, 0.717) is 22.6 Å². The summed E-state index contributed by atoms with van der Waals surface area (Å²) >= 11 is 1.15. The molecule has 0 atom stereocenters. The van der Waals surface area contributed by atoms with Gasteiger partial charge >= 0.3 is 5.97 Å². The lowest BCUT2D eigenvalue weighted by molar-refractivity contribution is 0.0515. The maximum absolute atomic E-state index is 12.0. The van der Waals surface area contributed by atoms with Gasteiger partial charge in [-0.2, -0.15) is 0 Å². The van der Waals surface area contributed by atoms with Crippen LogP contribution < -0.4 is 4.74 Å². The first kappa shape index (κ1) is 15.7. The molecule has 0 saturated carbocycles. The second-order valence-electron chi connectivity index (χ2n) is 4.84. The van der Waals surface area contributed by atoms with E-state index < -0.39 is 15.8 Å². The first-order valence-corrected chi connectivity index (χ1v) is 9.27. The average Bonchev–Trinajstić information content (AvgIpc) is 3.05. The van der Waals surface area contributed by atoms with E-state index in [0.717, 1.165) is 11.3 Å². The van der Waals surface area contributed by atoms with Crippen molar-refractivity contribution in [2.75, 3.05) is 12.9 Å². The van der Waals surface area contributed by atoms with Crippen LogP contribution in [0, 0.1) is 0 Å². The number of rotatable bonds is 3. The van der Waals surface area contributed by atoms with Gasteiger partial charge in [0.2, 0.25) is 0 Å². The van der Waals surface area contributed by atoms with Gasteiger partial charge in [0.05, 0.1) is 24.1 Å². The molecule has 0 N–H and O–H groups in total. The van der Waals surface area contributed by atoms with E-state index >= 15 is 0 Å². The topological polar surface area (TPSA) is 82.0 Å². The van der Waals surface area contributed by atoms with Crippen molar-refractivity contribution in [3.63, 3.8) is 0 Å². The normalized spacial score (nSPS) is 17.5. The van der Waals surface area contributed by atoms with Gasteiger partial charge < -0.3 is 9.57 Å². The van der Waals surface area contributed by atoms with Crippen molar-refractivity contribution in [2.24, 2.45) is 5.16 Å². The van der Waals surface area contributed by atoms with Crippen LogP contribution in [0.5, 0.6) is 5.75 Å². The molecule has 1 aliphatic heterocycles. The first-order chi connectivity index (χ1) is 11.0. The number of fused-ring (bicyclic) bond motifs is 1. The Hall–Kier alpha value is -2.19. The zero-order valence-corrected chi connectivity index (χ0v) is 13.8. The molecule has 0 fully saturated rings. The van der Waals surface area contributed by atoms with Crippen molar-refractivity contribution < 1.29 is 22.8 Å². The van der Waals surface area contributed by atoms with Crippen molar-refractivity contribution >= 4 is 32.9 Å². The molecule has 1 aromatic heterocycles. The zero-order chi connectivity index (χ0) is 16.4. The summed E-state index contributed by atoms with van der Waals surface area (Å²) in [6.07, 6.45) is 0.220. The monoisotopic (exact) mass is 351 g/mol. The van der Waals surface area contributed by atoms with Gasteiger partial charge in [0, 0.05) is 12.0 Å². The largest absolute Gasteiger partial charge is 0.497 e. The fraction of sp³-hybridized carbons (Fsp3) is 0.200. The van der Waals surface area contributed by atoms with E-state index in [2.05, 4.69) is 5.16 Å². The van der Waals surface area contributed by atoms with Gasteiger partial charge in [0.25, 0.3) is 0 Å². The predicted molar refractivity (Wildman–Crippen MR) is 85.9 cm³/mol. The van der Waals surface area contributed by atoms with Gasteiger partial charge in [-0.1, -0.05) is 11.2 Å². The highest BCUT2D eigenvalue weighted by Gasteiger charge is 2.29. The number of hydrogen-bond acceptors (Lipinski definition) is 7. The Morgan fingerprint density at radius 3 is 2.91 bits per heavy atom. The van der Waals surface area contributed by atoms with Crippen molar-refractivity contribution in [3.05, 3.63) is 46.8 Å². The van der Waals surface area contributed by atoms with Gasteiger partial charge in [-0.05, 0) is 29.6 Å². The predicted octanol–water partition coefficient (Wildman–Crippen LogP) is 2.50. The van der Waals surface area contributed by atoms with E-state index in [-0.39, 0.29) is 16.4 Å². The van der Waals surface area contributed by atoms with E-state index in [9.17, 15) is 13.2 Å². The Kier molecular flexibility index (Phi) is 4.18. The lowest BCUT2D eigenvalue weighted by atomic mass is 10.1. The SMILES string of the molecule is COc1cccc(C(=O)O/N=C2\CCS(=O)(=O)c3sccc32)c1. The van der Waals surface area contributed by atoms with Crippen molar-refractivity contribution in [2.45, 2.75) is 10.6 Å². The fourth-order valence-electron chi connectivity index (χ4n) is 2.20. The minimum atomic E-state index is -3.25. The number of benzene rings is 1. The first-order valence-electron chi connectivity index (χ1n) is 6.74. The van der Waals surface area contributed by atoms with Crippen LogP contribution in [0.2, 0.25) is 0 Å². The van der Waals surface area contributed by atoms with Crippen LogP contribution in [0.4, 0.5) is 0 Å². The van der Waals surface area contributed by atoms with Gasteiger partial charge in [-0.15, -0.1) is 11.3 Å². The number of oxime groups is 1. The smallest absolute Gasteiger partial charge is 0.365 e. The van der Waals surface area contributed by atoms with Gasteiger partial charge in [-0.3, -0.25) is 0 Å². The molecule has 2 heterocycles. The number of carbonyl (C=O) groups is 1. The molecule has 8 heteroatoms. The summed E-state index contributed by atoms with van der Waals surface area (Å²) in [5.41, 5.74) is 1.29. The Morgan fingerprint density at radius 1 is 1.30 bits per heavy atom. The van der Waals surface area contributed by atoms with Crippen LogP contribution in [0.3, 0.4) is 0 Å².